The normalized spacial score (nSPS) is 9.95. The molecule has 6 nitrogen and oxygen atoms in total. The lowest BCUT2D eigenvalue weighted by Gasteiger charge is -2.07. The lowest BCUT2D eigenvalue weighted by atomic mass is 10.2. The van der Waals surface area contributed by atoms with Crippen molar-refractivity contribution in [2.45, 2.75) is 6.92 Å². The number of nitrogens with one attached hydrogen (secondary N) is 2. The maximum absolute atomic E-state index is 12.0. The molecule has 0 saturated carbocycles. The van der Waals surface area contributed by atoms with E-state index in [1.807, 2.05) is 6.92 Å². The molecule has 4 N–H and O–H groups in total. The largest absolute Gasteiger partial charge is 0.397 e. The number of nitrogens with two attached hydrogens (primary N) is 1. The first-order valence-electron chi connectivity index (χ1n) is 6.51. The van der Waals surface area contributed by atoms with Crippen LogP contribution in [0.25, 0.3) is 0 Å². The summed E-state index contributed by atoms with van der Waals surface area (Å²) in [5, 5.41) is 5.40. The fourth-order valence-electron chi connectivity index (χ4n) is 1.74. The average Bonchev–Trinajstić information content (AvgIpc) is 2.48. The van der Waals surface area contributed by atoms with Gasteiger partial charge < -0.3 is 16.4 Å². The van der Waals surface area contributed by atoms with Crippen molar-refractivity contribution in [2.75, 3.05) is 17.6 Å². The maximum Gasteiger partial charge on any atom is 0.274 e. The lowest BCUT2D eigenvalue weighted by Crippen LogP contribution is -2.22. The van der Waals surface area contributed by atoms with Gasteiger partial charge in [0.05, 0.1) is 11.9 Å². The molecule has 1 aromatic carbocycles. The molecule has 0 unspecified atom stereocenters. The first-order chi connectivity index (χ1) is 10.1. The first-order valence-corrected chi connectivity index (χ1v) is 6.51. The van der Waals surface area contributed by atoms with Crippen LogP contribution in [0.4, 0.5) is 11.4 Å². The molecule has 0 bridgehead atoms. The van der Waals surface area contributed by atoms with Gasteiger partial charge in [-0.2, -0.15) is 0 Å². The van der Waals surface area contributed by atoms with Crippen LogP contribution in [-0.2, 0) is 0 Å². The van der Waals surface area contributed by atoms with Gasteiger partial charge in [0.15, 0.2) is 0 Å². The van der Waals surface area contributed by atoms with E-state index in [2.05, 4.69) is 15.6 Å². The number of nitrogens with zero attached hydrogens (tertiary/aromatic N) is 1. The number of carbonyl (C=O) groups excluding carboxylic acids is 2. The summed E-state index contributed by atoms with van der Waals surface area (Å²) >= 11 is 0. The number of pyridine rings is 1. The van der Waals surface area contributed by atoms with Crippen LogP contribution < -0.4 is 16.4 Å². The Bertz CT molecular complexity index is 653. The van der Waals surface area contributed by atoms with Crippen molar-refractivity contribution in [3.05, 3.63) is 53.9 Å². The number of aromatic nitrogens is 1. The molecule has 6 heteroatoms. The highest BCUT2D eigenvalue weighted by Crippen LogP contribution is 2.12. The molecule has 0 fully saturated rings. The Balaban J connectivity index is 2.12. The third-order valence-corrected chi connectivity index (χ3v) is 2.74. The molecule has 0 spiro atoms. The van der Waals surface area contributed by atoms with Gasteiger partial charge in [0.1, 0.15) is 5.69 Å². The molecule has 0 saturated heterocycles. The van der Waals surface area contributed by atoms with Crippen LogP contribution in [0.5, 0.6) is 0 Å². The van der Waals surface area contributed by atoms with Gasteiger partial charge in [-0.1, -0.05) is 6.07 Å². The summed E-state index contributed by atoms with van der Waals surface area (Å²) in [5.41, 5.74) is 7.29. The number of nitrogen functional groups attached to an aromatic ring is 1. The van der Waals surface area contributed by atoms with Crippen LogP contribution in [0.2, 0.25) is 0 Å². The molecule has 0 aliphatic carbocycles. The number of benzene rings is 1. The second-order valence-corrected chi connectivity index (χ2v) is 4.37. The Morgan fingerprint density at radius 3 is 2.67 bits per heavy atom. The quantitative estimate of drug-likeness (QED) is 0.795. The predicted molar refractivity (Wildman–Crippen MR) is 81.1 cm³/mol. The van der Waals surface area contributed by atoms with Crippen molar-refractivity contribution < 1.29 is 9.59 Å². The van der Waals surface area contributed by atoms with Gasteiger partial charge in [-0.25, -0.2) is 4.98 Å². The minimum Gasteiger partial charge on any atom is -0.397 e. The highest BCUT2D eigenvalue weighted by atomic mass is 16.2. The molecule has 2 amide bonds. The summed E-state index contributed by atoms with van der Waals surface area (Å²) in [6.45, 7) is 2.39. The van der Waals surface area contributed by atoms with Crippen molar-refractivity contribution in [1.29, 1.82) is 0 Å². The number of hydrogen-bond acceptors (Lipinski definition) is 4. The van der Waals surface area contributed by atoms with Crippen LogP contribution >= 0.6 is 0 Å². The molecule has 2 rings (SSSR count). The zero-order valence-corrected chi connectivity index (χ0v) is 11.6. The SMILES string of the molecule is CCNC(=O)c1cccc(NC(=O)c2ccc(N)cn2)c1. The average molecular weight is 284 g/mol. The molecular formula is C15H16N4O2. The van der Waals surface area contributed by atoms with E-state index >= 15 is 0 Å². The Morgan fingerprint density at radius 2 is 2.00 bits per heavy atom. The molecule has 1 heterocycles. The summed E-state index contributed by atoms with van der Waals surface area (Å²) in [6.07, 6.45) is 1.42. The molecular weight excluding hydrogens is 268 g/mol. The summed E-state index contributed by atoms with van der Waals surface area (Å²) in [7, 11) is 0. The predicted octanol–water partition coefficient (Wildman–Crippen LogP) is 1.67. The minimum atomic E-state index is -0.358. The topological polar surface area (TPSA) is 97.1 Å². The molecule has 1 aromatic heterocycles. The summed E-state index contributed by atoms with van der Waals surface area (Å²) < 4.78 is 0. The summed E-state index contributed by atoms with van der Waals surface area (Å²) in [6, 6.07) is 9.85. The van der Waals surface area contributed by atoms with Gasteiger partial charge in [0.2, 0.25) is 0 Å². The molecule has 108 valence electrons. The van der Waals surface area contributed by atoms with E-state index in [-0.39, 0.29) is 17.5 Å². The van der Waals surface area contributed by atoms with Crippen LogP contribution in [0, 0.1) is 0 Å². The number of hydrogen-bond donors (Lipinski definition) is 3. The van der Waals surface area contributed by atoms with Crippen LogP contribution in [0.15, 0.2) is 42.6 Å². The number of anilines is 2. The molecule has 0 aliphatic rings. The first kappa shape index (κ1) is 14.5. The van der Waals surface area contributed by atoms with Crippen molar-refractivity contribution in [3.8, 4) is 0 Å². The van der Waals surface area contributed by atoms with Crippen molar-refractivity contribution in [1.82, 2.24) is 10.3 Å². The van der Waals surface area contributed by atoms with Crippen molar-refractivity contribution in [3.63, 3.8) is 0 Å². The molecule has 0 aliphatic heterocycles. The van der Waals surface area contributed by atoms with Crippen molar-refractivity contribution >= 4 is 23.2 Å². The van der Waals surface area contributed by atoms with Crippen LogP contribution in [0.1, 0.15) is 27.8 Å². The van der Waals surface area contributed by atoms with Gasteiger partial charge in [-0.15, -0.1) is 0 Å². The van der Waals surface area contributed by atoms with E-state index in [0.717, 1.165) is 0 Å². The maximum atomic E-state index is 12.0. The van der Waals surface area contributed by atoms with E-state index in [9.17, 15) is 9.59 Å². The monoisotopic (exact) mass is 284 g/mol. The third-order valence-electron chi connectivity index (χ3n) is 2.74. The fourth-order valence-corrected chi connectivity index (χ4v) is 1.74. The van der Waals surface area contributed by atoms with Crippen LogP contribution in [-0.4, -0.2) is 23.3 Å². The number of amides is 2. The van der Waals surface area contributed by atoms with Gasteiger partial charge in [0.25, 0.3) is 11.8 Å². The zero-order valence-electron chi connectivity index (χ0n) is 11.6. The van der Waals surface area contributed by atoms with Gasteiger partial charge in [0, 0.05) is 17.8 Å². The second-order valence-electron chi connectivity index (χ2n) is 4.37. The van der Waals surface area contributed by atoms with Gasteiger partial charge in [-0.3, -0.25) is 9.59 Å². The molecule has 0 radical (unpaired) electrons. The Labute approximate surface area is 122 Å². The fraction of sp³-hybridized carbons (Fsp3) is 0.133. The van der Waals surface area contributed by atoms with E-state index in [1.165, 1.54) is 12.3 Å². The zero-order chi connectivity index (χ0) is 15.2. The Hall–Kier alpha value is -2.89. The van der Waals surface area contributed by atoms with E-state index in [4.69, 9.17) is 5.73 Å². The van der Waals surface area contributed by atoms with E-state index in [0.29, 0.717) is 23.5 Å². The van der Waals surface area contributed by atoms with E-state index in [1.54, 1.807) is 30.3 Å². The lowest BCUT2D eigenvalue weighted by molar-refractivity contribution is 0.0954. The summed E-state index contributed by atoms with van der Waals surface area (Å²) in [5.74, 6) is -0.540. The van der Waals surface area contributed by atoms with Crippen molar-refractivity contribution in [2.24, 2.45) is 0 Å². The molecule has 21 heavy (non-hydrogen) atoms. The number of carbonyl (C=O) groups is 2. The summed E-state index contributed by atoms with van der Waals surface area (Å²) in [4.78, 5) is 27.7. The standard InChI is InChI=1S/C15H16N4O2/c1-2-17-14(20)10-4-3-5-12(8-10)19-15(21)13-7-6-11(16)9-18-13/h3-9H,2,16H2,1H3,(H,17,20)(H,19,21). The Morgan fingerprint density at radius 1 is 1.19 bits per heavy atom. The molecule has 2 aromatic rings. The smallest absolute Gasteiger partial charge is 0.274 e. The third kappa shape index (κ3) is 3.79. The van der Waals surface area contributed by atoms with E-state index < -0.39 is 0 Å². The minimum absolute atomic E-state index is 0.181. The number of rotatable bonds is 4. The van der Waals surface area contributed by atoms with Gasteiger partial charge in [-0.05, 0) is 37.3 Å². The highest BCUT2D eigenvalue weighted by Gasteiger charge is 2.09. The molecule has 0 atom stereocenters. The Kier molecular flexibility index (Phi) is 4.50. The highest BCUT2D eigenvalue weighted by molar-refractivity contribution is 6.04. The second kappa shape index (κ2) is 6.51. The van der Waals surface area contributed by atoms with Crippen LogP contribution in [0.3, 0.4) is 0 Å². The van der Waals surface area contributed by atoms with Gasteiger partial charge >= 0.3 is 0 Å².